The maximum Gasteiger partial charge on any atom is 0.331 e. The Kier molecular flexibility index (Phi) is 16.8. The highest BCUT2D eigenvalue weighted by molar-refractivity contribution is 5.90. The van der Waals surface area contributed by atoms with Gasteiger partial charge in [0.15, 0.2) is 0 Å². The van der Waals surface area contributed by atoms with Crippen LogP contribution in [-0.4, -0.2) is 53.5 Å². The lowest BCUT2D eigenvalue weighted by molar-refractivity contribution is -0.138. The lowest BCUT2D eigenvalue weighted by atomic mass is 9.85. The average Bonchev–Trinajstić information content (AvgIpc) is 2.57. The molecular formula is C20H41N3O4. The molecule has 0 aliphatic carbocycles. The largest absolute Gasteiger partial charge is 0.478 e. The van der Waals surface area contributed by atoms with E-state index in [0.717, 1.165) is 0 Å². The molecule has 0 saturated heterocycles. The Morgan fingerprint density at radius 2 is 1.59 bits per heavy atom. The summed E-state index contributed by atoms with van der Waals surface area (Å²) >= 11 is 0. The molecule has 7 nitrogen and oxygen atoms in total. The number of rotatable bonds is 6. The van der Waals surface area contributed by atoms with Crippen molar-refractivity contribution >= 4 is 17.8 Å². The first-order valence-corrected chi connectivity index (χ1v) is 9.50. The molecule has 0 aromatic heterocycles. The van der Waals surface area contributed by atoms with E-state index in [2.05, 4.69) is 19.2 Å². The van der Waals surface area contributed by atoms with E-state index in [1.165, 1.54) is 24.3 Å². The molecule has 0 fully saturated rings. The van der Waals surface area contributed by atoms with Gasteiger partial charge in [-0.15, -0.1) is 0 Å². The van der Waals surface area contributed by atoms with Crippen LogP contribution in [0.3, 0.4) is 0 Å². The van der Waals surface area contributed by atoms with Crippen LogP contribution in [0.4, 0.5) is 0 Å². The van der Waals surface area contributed by atoms with Gasteiger partial charge in [-0.05, 0) is 19.3 Å². The van der Waals surface area contributed by atoms with Crippen LogP contribution in [-0.2, 0) is 14.4 Å². The maximum absolute atomic E-state index is 12.5. The van der Waals surface area contributed by atoms with Gasteiger partial charge in [-0.3, -0.25) is 9.59 Å². The van der Waals surface area contributed by atoms with Gasteiger partial charge in [0, 0.05) is 19.2 Å². The van der Waals surface area contributed by atoms with Crippen molar-refractivity contribution in [3.8, 4) is 0 Å². The van der Waals surface area contributed by atoms with E-state index >= 15 is 0 Å². The highest BCUT2D eigenvalue weighted by Gasteiger charge is 2.34. The van der Waals surface area contributed by atoms with Crippen LogP contribution in [0.25, 0.3) is 0 Å². The van der Waals surface area contributed by atoms with Gasteiger partial charge in [-0.2, -0.15) is 0 Å². The Labute approximate surface area is 165 Å². The molecule has 4 N–H and O–H groups in total. The van der Waals surface area contributed by atoms with Crippen molar-refractivity contribution in [1.29, 1.82) is 0 Å². The van der Waals surface area contributed by atoms with E-state index < -0.39 is 29.4 Å². The van der Waals surface area contributed by atoms with Gasteiger partial charge in [-0.25, -0.2) is 4.79 Å². The molecule has 160 valence electrons. The summed E-state index contributed by atoms with van der Waals surface area (Å²) in [6.45, 7) is 16.9. The second kappa shape index (κ2) is 15.2. The minimum absolute atomic E-state index is 0.150. The Morgan fingerprint density at radius 3 is 1.89 bits per heavy atom. The van der Waals surface area contributed by atoms with Gasteiger partial charge in [-0.1, -0.05) is 61.0 Å². The summed E-state index contributed by atoms with van der Waals surface area (Å²) in [6, 6.07) is -1.45. The fourth-order valence-electron chi connectivity index (χ4n) is 1.59. The van der Waals surface area contributed by atoms with Gasteiger partial charge < -0.3 is 21.1 Å². The Balaban J connectivity index is -0.00000104. The monoisotopic (exact) mass is 387 g/mol. The molecule has 0 aromatic carbocycles. The van der Waals surface area contributed by atoms with E-state index in [9.17, 15) is 14.4 Å². The number of aliphatic carboxylic acids is 1. The van der Waals surface area contributed by atoms with Gasteiger partial charge >= 0.3 is 5.97 Å². The number of carbonyl (C=O) groups excluding carboxylic acids is 2. The van der Waals surface area contributed by atoms with Crippen molar-refractivity contribution in [1.82, 2.24) is 10.2 Å². The summed E-state index contributed by atoms with van der Waals surface area (Å²) in [7, 11) is 1.56. The zero-order valence-electron chi connectivity index (χ0n) is 18.8. The standard InChI is InChI=1S/C15H27N3O4.C3H8.C2H6/c1-9(14(21)22)7-8-18(6)13(20)11(15(3,4)5)17-12(19)10(2)16;1-3-2;1-2/h7,10-11H,8,16H2,1-6H3,(H,17,19)(H,21,22);3H2,1-2H3;1-2H3/b9-7+;;. The van der Waals surface area contributed by atoms with Crippen LogP contribution in [0.5, 0.6) is 0 Å². The lowest BCUT2D eigenvalue weighted by Gasteiger charge is -2.33. The topological polar surface area (TPSA) is 113 Å². The minimum Gasteiger partial charge on any atom is -0.478 e. The highest BCUT2D eigenvalue weighted by Crippen LogP contribution is 2.21. The lowest BCUT2D eigenvalue weighted by Crippen LogP contribution is -2.56. The second-order valence-corrected chi connectivity index (χ2v) is 7.21. The molecule has 27 heavy (non-hydrogen) atoms. The molecule has 0 rings (SSSR count). The molecule has 0 radical (unpaired) electrons. The van der Waals surface area contributed by atoms with Crippen molar-refractivity contribution in [2.24, 2.45) is 11.1 Å². The molecule has 0 bridgehead atoms. The fourth-order valence-corrected chi connectivity index (χ4v) is 1.59. The first-order chi connectivity index (χ1) is 12.3. The number of carboxylic acid groups (broad SMARTS) is 1. The smallest absolute Gasteiger partial charge is 0.331 e. The van der Waals surface area contributed by atoms with E-state index in [4.69, 9.17) is 10.8 Å². The first kappa shape index (κ1) is 29.9. The zero-order chi connectivity index (χ0) is 22.4. The van der Waals surface area contributed by atoms with Crippen molar-refractivity contribution in [2.75, 3.05) is 13.6 Å². The van der Waals surface area contributed by atoms with E-state index in [-0.39, 0.29) is 18.0 Å². The third-order valence-corrected chi connectivity index (χ3v) is 3.20. The van der Waals surface area contributed by atoms with Crippen LogP contribution >= 0.6 is 0 Å². The second-order valence-electron chi connectivity index (χ2n) is 7.21. The molecular weight excluding hydrogens is 346 g/mol. The van der Waals surface area contributed by atoms with E-state index in [1.54, 1.807) is 14.0 Å². The van der Waals surface area contributed by atoms with Gasteiger partial charge in [0.25, 0.3) is 0 Å². The van der Waals surface area contributed by atoms with Crippen LogP contribution < -0.4 is 11.1 Å². The SMILES string of the molecule is C/C(=C\CN(C)C(=O)C(NC(=O)C(C)N)C(C)(C)C)C(=O)O.CC.CCC. The Morgan fingerprint density at radius 1 is 1.19 bits per heavy atom. The molecule has 2 unspecified atom stereocenters. The van der Waals surface area contributed by atoms with Gasteiger partial charge in [0.2, 0.25) is 11.8 Å². The van der Waals surface area contributed by atoms with Crippen molar-refractivity contribution in [3.63, 3.8) is 0 Å². The molecule has 7 heteroatoms. The number of hydrogen-bond donors (Lipinski definition) is 3. The number of likely N-dealkylation sites (N-methyl/N-ethyl adjacent to an activating group) is 1. The molecule has 2 atom stereocenters. The summed E-state index contributed by atoms with van der Waals surface area (Å²) in [4.78, 5) is 36.4. The number of carboxylic acids is 1. The van der Waals surface area contributed by atoms with Crippen molar-refractivity contribution < 1.29 is 19.5 Å². The summed E-state index contributed by atoms with van der Waals surface area (Å²) in [5.74, 6) is -1.73. The van der Waals surface area contributed by atoms with Crippen LogP contribution in [0.2, 0.25) is 0 Å². The highest BCUT2D eigenvalue weighted by atomic mass is 16.4. The molecule has 0 saturated carbocycles. The molecule has 2 amide bonds. The van der Waals surface area contributed by atoms with Crippen LogP contribution in [0.15, 0.2) is 11.6 Å². The molecule has 0 spiro atoms. The third-order valence-electron chi connectivity index (χ3n) is 3.20. The molecule has 0 aliphatic heterocycles. The molecule has 0 aromatic rings. The number of hydrogen-bond acceptors (Lipinski definition) is 4. The average molecular weight is 388 g/mol. The zero-order valence-corrected chi connectivity index (χ0v) is 18.8. The summed E-state index contributed by atoms with van der Waals surface area (Å²) in [6.07, 6.45) is 2.70. The molecule has 0 heterocycles. The van der Waals surface area contributed by atoms with Crippen molar-refractivity contribution in [2.45, 2.75) is 80.8 Å². The van der Waals surface area contributed by atoms with Gasteiger partial charge in [0.1, 0.15) is 6.04 Å². The molecule has 0 aliphatic rings. The van der Waals surface area contributed by atoms with Gasteiger partial charge in [0.05, 0.1) is 6.04 Å². The van der Waals surface area contributed by atoms with E-state index in [0.29, 0.717) is 0 Å². The fraction of sp³-hybridized carbons (Fsp3) is 0.750. The Hall–Kier alpha value is -1.89. The third kappa shape index (κ3) is 13.9. The maximum atomic E-state index is 12.5. The number of nitrogens with one attached hydrogen (secondary N) is 1. The Bertz CT molecular complexity index is 480. The predicted molar refractivity (Wildman–Crippen MR) is 111 cm³/mol. The van der Waals surface area contributed by atoms with Crippen molar-refractivity contribution in [3.05, 3.63) is 11.6 Å². The summed E-state index contributed by atoms with van der Waals surface area (Å²) < 4.78 is 0. The van der Waals surface area contributed by atoms with Crippen LogP contribution in [0, 0.1) is 5.41 Å². The quantitative estimate of drug-likeness (QED) is 0.607. The number of nitrogens with zero attached hydrogens (tertiary/aromatic N) is 1. The predicted octanol–water partition coefficient (Wildman–Crippen LogP) is 2.80. The summed E-state index contributed by atoms with van der Waals surface area (Å²) in [5.41, 5.74) is 5.18. The first-order valence-electron chi connectivity index (χ1n) is 9.50. The number of amides is 2. The summed E-state index contributed by atoms with van der Waals surface area (Å²) in [5, 5.41) is 11.5. The number of carbonyl (C=O) groups is 3. The minimum atomic E-state index is -1.03. The number of nitrogens with two attached hydrogens (primary N) is 1. The van der Waals surface area contributed by atoms with E-state index in [1.807, 2.05) is 34.6 Å². The normalized spacial score (nSPS) is 13.1. The van der Waals surface area contributed by atoms with Crippen LogP contribution in [0.1, 0.15) is 68.7 Å².